The molecule has 0 fully saturated rings. The lowest BCUT2D eigenvalue weighted by molar-refractivity contribution is 0.0163. The normalized spacial score (nSPS) is 11.0. The number of nitrogens with zero attached hydrogens (tertiary/aromatic N) is 2. The zero-order valence-corrected chi connectivity index (χ0v) is 17.5. The summed E-state index contributed by atoms with van der Waals surface area (Å²) in [5.74, 6) is -0.957. The number of halogens is 1. The highest BCUT2D eigenvalue weighted by Gasteiger charge is 2.24. The lowest BCUT2D eigenvalue weighted by Gasteiger charge is -2.14. The Morgan fingerprint density at radius 1 is 1.19 bits per heavy atom. The molecule has 0 aliphatic carbocycles. The summed E-state index contributed by atoms with van der Waals surface area (Å²) < 4.78 is 16.5. The summed E-state index contributed by atoms with van der Waals surface area (Å²) in [6.07, 6.45) is 3.28. The summed E-state index contributed by atoms with van der Waals surface area (Å²) in [5, 5.41) is 12.7. The Labute approximate surface area is 184 Å². The van der Waals surface area contributed by atoms with E-state index in [1.54, 1.807) is 37.5 Å². The Kier molecular flexibility index (Phi) is 6.44. The number of anilines is 2. The van der Waals surface area contributed by atoms with Gasteiger partial charge in [0.25, 0.3) is 5.91 Å². The van der Waals surface area contributed by atoms with E-state index in [0.29, 0.717) is 17.6 Å². The van der Waals surface area contributed by atoms with Gasteiger partial charge in [0.2, 0.25) is 0 Å². The number of pyridine rings is 1. The predicted molar refractivity (Wildman–Crippen MR) is 120 cm³/mol. The van der Waals surface area contributed by atoms with E-state index in [2.05, 4.69) is 15.8 Å². The highest BCUT2D eigenvalue weighted by molar-refractivity contribution is 6.09. The molecule has 2 heterocycles. The highest BCUT2D eigenvalue weighted by atomic mass is 19.1. The fourth-order valence-corrected chi connectivity index (χ4v) is 3.56. The molecule has 4 aromatic rings. The third kappa shape index (κ3) is 4.46. The van der Waals surface area contributed by atoms with Crippen molar-refractivity contribution in [2.45, 2.75) is 13.5 Å². The van der Waals surface area contributed by atoms with Crippen LogP contribution in [0.1, 0.15) is 21.6 Å². The standard InChI is InChI=1S/C24H23FN4O3/c1-16-7-8-20(19(25)13-16)27-22-18-14-26-10-9-21(18)29(15-17-5-3-2-4-6-17)23(22)24(31)28-32-12-11-30/h2-10,13-14,27,30H,11-12,15H2,1H3,(H,28,31). The van der Waals surface area contributed by atoms with Gasteiger partial charge in [0.1, 0.15) is 11.5 Å². The maximum absolute atomic E-state index is 14.6. The number of amides is 1. The minimum Gasteiger partial charge on any atom is -0.394 e. The van der Waals surface area contributed by atoms with E-state index in [4.69, 9.17) is 9.94 Å². The highest BCUT2D eigenvalue weighted by Crippen LogP contribution is 2.34. The number of benzene rings is 2. The quantitative estimate of drug-likeness (QED) is 0.289. The second-order valence-corrected chi connectivity index (χ2v) is 7.30. The molecule has 32 heavy (non-hydrogen) atoms. The van der Waals surface area contributed by atoms with Crippen LogP contribution < -0.4 is 10.8 Å². The number of hydrogen-bond acceptors (Lipinski definition) is 5. The number of fused-ring (bicyclic) bond motifs is 1. The molecule has 2 aromatic carbocycles. The van der Waals surface area contributed by atoms with Gasteiger partial charge in [-0.3, -0.25) is 14.6 Å². The van der Waals surface area contributed by atoms with Gasteiger partial charge in [0.05, 0.1) is 30.1 Å². The second kappa shape index (κ2) is 9.59. The van der Waals surface area contributed by atoms with Crippen LogP contribution in [0.5, 0.6) is 0 Å². The number of hydroxylamine groups is 1. The molecule has 0 bridgehead atoms. The third-order valence-electron chi connectivity index (χ3n) is 5.01. The van der Waals surface area contributed by atoms with Gasteiger partial charge in [-0.25, -0.2) is 9.87 Å². The van der Waals surface area contributed by atoms with Crippen LogP contribution in [0.4, 0.5) is 15.8 Å². The van der Waals surface area contributed by atoms with E-state index in [1.807, 2.05) is 34.9 Å². The SMILES string of the molecule is Cc1ccc(Nc2c(C(=O)NOCCO)n(Cc3ccccc3)c3ccncc23)c(F)c1. The minimum atomic E-state index is -0.527. The largest absolute Gasteiger partial charge is 0.394 e. The number of hydrogen-bond donors (Lipinski definition) is 3. The fraction of sp³-hybridized carbons (Fsp3) is 0.167. The van der Waals surface area contributed by atoms with Crippen LogP contribution in [0.25, 0.3) is 10.9 Å². The van der Waals surface area contributed by atoms with Gasteiger partial charge in [0.15, 0.2) is 0 Å². The van der Waals surface area contributed by atoms with Gasteiger partial charge < -0.3 is 15.0 Å². The van der Waals surface area contributed by atoms with Crippen molar-refractivity contribution >= 4 is 28.2 Å². The minimum absolute atomic E-state index is 0.0540. The van der Waals surface area contributed by atoms with Crippen LogP contribution in [0.2, 0.25) is 0 Å². The Hall–Kier alpha value is -3.75. The Morgan fingerprint density at radius 3 is 2.75 bits per heavy atom. The zero-order chi connectivity index (χ0) is 22.5. The van der Waals surface area contributed by atoms with Crippen LogP contribution >= 0.6 is 0 Å². The van der Waals surface area contributed by atoms with E-state index in [1.165, 1.54) is 6.07 Å². The molecule has 2 aromatic heterocycles. The van der Waals surface area contributed by atoms with E-state index < -0.39 is 11.7 Å². The molecule has 0 aliphatic rings. The average molecular weight is 434 g/mol. The molecule has 0 unspecified atom stereocenters. The molecule has 1 amide bonds. The van der Waals surface area contributed by atoms with E-state index in [0.717, 1.165) is 16.6 Å². The van der Waals surface area contributed by atoms with Gasteiger partial charge >= 0.3 is 0 Å². The van der Waals surface area contributed by atoms with Gasteiger partial charge in [-0.2, -0.15) is 0 Å². The van der Waals surface area contributed by atoms with Crippen molar-refractivity contribution in [1.82, 2.24) is 15.0 Å². The number of nitrogens with one attached hydrogen (secondary N) is 2. The number of aryl methyl sites for hydroxylation is 1. The Morgan fingerprint density at radius 2 is 2.00 bits per heavy atom. The fourth-order valence-electron chi connectivity index (χ4n) is 3.56. The van der Waals surface area contributed by atoms with E-state index in [-0.39, 0.29) is 24.6 Å². The monoisotopic (exact) mass is 434 g/mol. The Bertz CT molecular complexity index is 1240. The Balaban J connectivity index is 1.86. The van der Waals surface area contributed by atoms with Crippen molar-refractivity contribution in [2.75, 3.05) is 18.5 Å². The van der Waals surface area contributed by atoms with Crippen molar-refractivity contribution in [3.05, 3.63) is 89.6 Å². The number of aliphatic hydroxyl groups is 1. The first-order chi connectivity index (χ1) is 15.6. The van der Waals surface area contributed by atoms with E-state index >= 15 is 0 Å². The van der Waals surface area contributed by atoms with E-state index in [9.17, 15) is 9.18 Å². The number of carbonyl (C=O) groups excluding carboxylic acids is 1. The maximum atomic E-state index is 14.6. The molecule has 0 spiro atoms. The maximum Gasteiger partial charge on any atom is 0.293 e. The first-order valence-corrected chi connectivity index (χ1v) is 10.1. The smallest absolute Gasteiger partial charge is 0.293 e. The topological polar surface area (TPSA) is 88.4 Å². The molecule has 0 atom stereocenters. The molecular formula is C24H23FN4O3. The van der Waals surface area contributed by atoms with Gasteiger partial charge in [-0.1, -0.05) is 36.4 Å². The number of rotatable bonds is 8. The third-order valence-corrected chi connectivity index (χ3v) is 5.01. The number of aromatic nitrogens is 2. The van der Waals surface area contributed by atoms with Crippen LogP contribution in [0.3, 0.4) is 0 Å². The van der Waals surface area contributed by atoms with Gasteiger partial charge in [-0.15, -0.1) is 0 Å². The molecule has 3 N–H and O–H groups in total. The summed E-state index contributed by atoms with van der Waals surface area (Å²) in [6.45, 7) is 1.92. The molecule has 0 aliphatic heterocycles. The zero-order valence-electron chi connectivity index (χ0n) is 17.5. The predicted octanol–water partition coefficient (Wildman–Crippen LogP) is 3.93. The summed E-state index contributed by atoms with van der Waals surface area (Å²) in [6, 6.07) is 16.3. The van der Waals surface area contributed by atoms with Crippen molar-refractivity contribution in [3.63, 3.8) is 0 Å². The van der Waals surface area contributed by atoms with Crippen molar-refractivity contribution < 1.29 is 19.1 Å². The van der Waals surface area contributed by atoms with Gasteiger partial charge in [0, 0.05) is 24.3 Å². The van der Waals surface area contributed by atoms with Crippen molar-refractivity contribution in [1.29, 1.82) is 0 Å². The lowest BCUT2D eigenvalue weighted by atomic mass is 10.2. The molecule has 0 saturated heterocycles. The lowest BCUT2D eigenvalue weighted by Crippen LogP contribution is -2.28. The number of aliphatic hydroxyl groups excluding tert-OH is 1. The first kappa shape index (κ1) is 21.5. The van der Waals surface area contributed by atoms with Crippen molar-refractivity contribution in [3.8, 4) is 0 Å². The summed E-state index contributed by atoms with van der Waals surface area (Å²) in [7, 11) is 0. The second-order valence-electron chi connectivity index (χ2n) is 7.30. The summed E-state index contributed by atoms with van der Waals surface area (Å²) in [4.78, 5) is 22.4. The molecular weight excluding hydrogens is 411 g/mol. The molecule has 4 rings (SSSR count). The van der Waals surface area contributed by atoms with Crippen LogP contribution in [0.15, 0.2) is 67.0 Å². The van der Waals surface area contributed by atoms with Crippen LogP contribution in [0, 0.1) is 12.7 Å². The van der Waals surface area contributed by atoms with Crippen molar-refractivity contribution in [2.24, 2.45) is 0 Å². The molecule has 164 valence electrons. The molecule has 8 heteroatoms. The first-order valence-electron chi connectivity index (χ1n) is 10.1. The molecule has 0 radical (unpaired) electrons. The molecule has 0 saturated carbocycles. The van der Waals surface area contributed by atoms with Crippen LogP contribution in [-0.4, -0.2) is 33.8 Å². The van der Waals surface area contributed by atoms with Crippen LogP contribution in [-0.2, 0) is 11.4 Å². The van der Waals surface area contributed by atoms with Gasteiger partial charge in [-0.05, 0) is 36.2 Å². The number of carbonyl (C=O) groups is 1. The molecule has 7 nitrogen and oxygen atoms in total. The summed E-state index contributed by atoms with van der Waals surface area (Å²) in [5.41, 5.74) is 5.81. The average Bonchev–Trinajstić information content (AvgIpc) is 3.10. The summed E-state index contributed by atoms with van der Waals surface area (Å²) >= 11 is 0.